The second kappa shape index (κ2) is 4.47. The molecule has 0 bridgehead atoms. The number of hydrogen-bond donors (Lipinski definition) is 0. The maximum absolute atomic E-state index is 11.9. The smallest absolute Gasteiger partial charge is 0.154 e. The van der Waals surface area contributed by atoms with Gasteiger partial charge in [0.05, 0.1) is 11.9 Å². The zero-order valence-electron chi connectivity index (χ0n) is 8.74. The summed E-state index contributed by atoms with van der Waals surface area (Å²) in [5.74, 6) is 1.25. The molecule has 1 heterocycles. The van der Waals surface area contributed by atoms with E-state index in [-0.39, 0.29) is 11.2 Å². The number of ketones is 1. The van der Waals surface area contributed by atoms with Crippen molar-refractivity contribution in [3.05, 3.63) is 0 Å². The number of Topliss-reactive ketones (excluding diaryl/α,β-unsaturated/α-hetero) is 1. The van der Waals surface area contributed by atoms with Crippen molar-refractivity contribution in [1.29, 1.82) is 0 Å². The Bertz CT molecular complexity index is 171. The highest BCUT2D eigenvalue weighted by molar-refractivity contribution is 7.96. The first-order valence-corrected chi connectivity index (χ1v) is 5.66. The van der Waals surface area contributed by atoms with Gasteiger partial charge >= 0.3 is 0 Å². The van der Waals surface area contributed by atoms with Crippen LogP contribution in [-0.4, -0.2) is 17.6 Å². The largest absolute Gasteiger partial charge is 0.314 e. The van der Waals surface area contributed by atoms with E-state index in [4.69, 9.17) is 4.18 Å². The fraction of sp³-hybridized carbons (Fsp3) is 0.900. The fourth-order valence-corrected chi connectivity index (χ4v) is 2.35. The molecule has 1 aliphatic heterocycles. The molecule has 0 radical (unpaired) electrons. The summed E-state index contributed by atoms with van der Waals surface area (Å²) in [6.07, 6.45) is 0. The van der Waals surface area contributed by atoms with Crippen LogP contribution in [0.2, 0.25) is 0 Å². The van der Waals surface area contributed by atoms with Crippen LogP contribution in [0.1, 0.15) is 27.7 Å². The topological polar surface area (TPSA) is 26.3 Å². The molecule has 0 saturated carbocycles. The Morgan fingerprint density at radius 1 is 1.31 bits per heavy atom. The lowest BCUT2D eigenvalue weighted by Gasteiger charge is -2.30. The predicted molar refractivity (Wildman–Crippen MR) is 55.5 cm³/mol. The van der Waals surface area contributed by atoms with Crippen molar-refractivity contribution >= 4 is 17.8 Å². The van der Waals surface area contributed by atoms with Crippen LogP contribution in [0.3, 0.4) is 0 Å². The van der Waals surface area contributed by atoms with Gasteiger partial charge in [-0.05, 0) is 11.8 Å². The molecule has 0 aliphatic carbocycles. The number of carbonyl (C=O) groups excluding carboxylic acids is 1. The van der Waals surface area contributed by atoms with Crippen molar-refractivity contribution < 1.29 is 8.98 Å². The van der Waals surface area contributed by atoms with E-state index in [2.05, 4.69) is 27.7 Å². The van der Waals surface area contributed by atoms with Gasteiger partial charge in [0.25, 0.3) is 0 Å². The molecular weight excluding hydrogens is 184 g/mol. The van der Waals surface area contributed by atoms with Gasteiger partial charge in [0.15, 0.2) is 5.78 Å². The van der Waals surface area contributed by atoms with Crippen molar-refractivity contribution in [2.75, 3.05) is 6.61 Å². The third kappa shape index (κ3) is 2.47. The first kappa shape index (κ1) is 11.1. The third-order valence-electron chi connectivity index (χ3n) is 2.48. The van der Waals surface area contributed by atoms with Gasteiger partial charge in [0.2, 0.25) is 0 Å². The Kier molecular flexibility index (Phi) is 3.80. The monoisotopic (exact) mass is 202 g/mol. The van der Waals surface area contributed by atoms with Crippen LogP contribution in [0.5, 0.6) is 0 Å². The lowest BCUT2D eigenvalue weighted by atomic mass is 9.88. The van der Waals surface area contributed by atoms with E-state index in [1.54, 1.807) is 0 Å². The molecule has 0 aromatic rings. The zero-order chi connectivity index (χ0) is 10.0. The maximum atomic E-state index is 11.9. The van der Waals surface area contributed by atoms with Crippen LogP contribution in [0.15, 0.2) is 0 Å². The van der Waals surface area contributed by atoms with Crippen molar-refractivity contribution in [3.8, 4) is 0 Å². The van der Waals surface area contributed by atoms with Crippen LogP contribution in [-0.2, 0) is 8.98 Å². The van der Waals surface area contributed by atoms with E-state index in [9.17, 15) is 4.79 Å². The second-order valence-corrected chi connectivity index (χ2v) is 5.23. The van der Waals surface area contributed by atoms with Crippen molar-refractivity contribution in [2.24, 2.45) is 17.8 Å². The summed E-state index contributed by atoms with van der Waals surface area (Å²) in [5.41, 5.74) is 0. The quantitative estimate of drug-likeness (QED) is 0.644. The third-order valence-corrected chi connectivity index (χ3v) is 3.73. The van der Waals surface area contributed by atoms with Gasteiger partial charge in [-0.2, -0.15) is 0 Å². The predicted octanol–water partition coefficient (Wildman–Crippen LogP) is 2.53. The highest BCUT2D eigenvalue weighted by atomic mass is 32.2. The van der Waals surface area contributed by atoms with E-state index >= 15 is 0 Å². The lowest BCUT2D eigenvalue weighted by molar-refractivity contribution is -0.126. The van der Waals surface area contributed by atoms with Gasteiger partial charge < -0.3 is 4.18 Å². The summed E-state index contributed by atoms with van der Waals surface area (Å²) < 4.78 is 5.38. The van der Waals surface area contributed by atoms with E-state index in [0.29, 0.717) is 24.2 Å². The molecule has 76 valence electrons. The van der Waals surface area contributed by atoms with Crippen LogP contribution >= 0.6 is 12.0 Å². The molecule has 2 atom stereocenters. The molecule has 0 aromatic heterocycles. The Morgan fingerprint density at radius 2 is 1.92 bits per heavy atom. The summed E-state index contributed by atoms with van der Waals surface area (Å²) >= 11 is 1.35. The minimum absolute atomic E-state index is 0.0427. The standard InChI is InChI=1S/C10H18O2S/c1-6(2)8-5-12-13-10(7(3)4)9(8)11/h6-8,10H,5H2,1-4H3. The summed E-state index contributed by atoms with van der Waals surface area (Å²) in [7, 11) is 0. The van der Waals surface area contributed by atoms with Crippen molar-refractivity contribution in [3.63, 3.8) is 0 Å². The van der Waals surface area contributed by atoms with E-state index in [1.165, 1.54) is 12.0 Å². The number of rotatable bonds is 2. The molecule has 2 unspecified atom stereocenters. The average Bonchev–Trinajstić information content (AvgIpc) is 2.03. The van der Waals surface area contributed by atoms with Gasteiger partial charge in [0.1, 0.15) is 0 Å². The molecule has 0 aromatic carbocycles. The molecule has 0 amide bonds. The zero-order valence-corrected chi connectivity index (χ0v) is 9.56. The summed E-state index contributed by atoms with van der Waals surface area (Å²) in [4.78, 5) is 11.9. The normalized spacial score (nSPS) is 30.2. The highest BCUT2D eigenvalue weighted by Gasteiger charge is 2.36. The first-order chi connectivity index (χ1) is 6.04. The van der Waals surface area contributed by atoms with Gasteiger partial charge in [-0.15, -0.1) is 0 Å². The molecule has 1 fully saturated rings. The maximum Gasteiger partial charge on any atom is 0.154 e. The summed E-state index contributed by atoms with van der Waals surface area (Å²) in [5, 5.41) is 0.0427. The molecular formula is C10H18O2S. The summed E-state index contributed by atoms with van der Waals surface area (Å²) in [6, 6.07) is 0. The molecule has 3 heteroatoms. The van der Waals surface area contributed by atoms with Crippen molar-refractivity contribution in [2.45, 2.75) is 32.9 Å². The molecule has 1 aliphatic rings. The Labute approximate surface area is 84.6 Å². The summed E-state index contributed by atoms with van der Waals surface area (Å²) in [6.45, 7) is 8.90. The van der Waals surface area contributed by atoms with Crippen molar-refractivity contribution in [1.82, 2.24) is 0 Å². The highest BCUT2D eigenvalue weighted by Crippen LogP contribution is 2.32. The van der Waals surface area contributed by atoms with E-state index in [0.717, 1.165) is 0 Å². The molecule has 1 rings (SSSR count). The fourth-order valence-electron chi connectivity index (χ4n) is 1.49. The van der Waals surface area contributed by atoms with E-state index < -0.39 is 0 Å². The number of hydrogen-bond acceptors (Lipinski definition) is 3. The second-order valence-electron chi connectivity index (χ2n) is 4.30. The SMILES string of the molecule is CC(C)C1COSC(C(C)C)C1=O. The van der Waals surface area contributed by atoms with Gasteiger partial charge in [-0.3, -0.25) is 4.79 Å². The minimum Gasteiger partial charge on any atom is -0.314 e. The van der Waals surface area contributed by atoms with Gasteiger partial charge in [0, 0.05) is 18.0 Å². The minimum atomic E-state index is 0.0427. The Morgan fingerprint density at radius 3 is 2.38 bits per heavy atom. The van der Waals surface area contributed by atoms with Crippen LogP contribution < -0.4 is 0 Å². The first-order valence-electron chi connectivity index (χ1n) is 4.86. The van der Waals surface area contributed by atoms with Gasteiger partial charge in [-0.25, -0.2) is 0 Å². The lowest BCUT2D eigenvalue weighted by Crippen LogP contribution is -2.39. The van der Waals surface area contributed by atoms with Crippen LogP contribution in [0.25, 0.3) is 0 Å². The number of carbonyl (C=O) groups is 1. The van der Waals surface area contributed by atoms with E-state index in [1.807, 2.05) is 0 Å². The molecule has 2 nitrogen and oxygen atoms in total. The van der Waals surface area contributed by atoms with Crippen LogP contribution in [0.4, 0.5) is 0 Å². The molecule has 0 spiro atoms. The van der Waals surface area contributed by atoms with Crippen LogP contribution in [0, 0.1) is 17.8 Å². The molecule has 0 N–H and O–H groups in total. The Balaban J connectivity index is 2.66. The molecule has 1 saturated heterocycles. The Hall–Kier alpha value is -0.0200. The van der Waals surface area contributed by atoms with Gasteiger partial charge in [-0.1, -0.05) is 27.7 Å². The molecule has 13 heavy (non-hydrogen) atoms. The average molecular weight is 202 g/mol.